The molecular formula is C22H25BrO2S3. The van der Waals surface area contributed by atoms with Crippen molar-refractivity contribution in [3.8, 4) is 19.5 Å². The van der Waals surface area contributed by atoms with Gasteiger partial charge in [-0.1, -0.05) is 39.0 Å². The average molecular weight is 498 g/mol. The van der Waals surface area contributed by atoms with E-state index < -0.39 is 0 Å². The third-order valence-electron chi connectivity index (χ3n) is 4.64. The lowest BCUT2D eigenvalue weighted by atomic mass is 10.1. The second-order valence-electron chi connectivity index (χ2n) is 6.75. The number of methoxy groups -OCH3 is 1. The molecule has 0 saturated heterocycles. The number of thiophene rings is 3. The van der Waals surface area contributed by atoms with E-state index in [1.54, 1.807) is 11.3 Å². The van der Waals surface area contributed by atoms with Crippen LogP contribution in [0.4, 0.5) is 0 Å². The molecule has 0 amide bonds. The molecule has 0 radical (unpaired) electrons. The van der Waals surface area contributed by atoms with Crippen LogP contribution in [0.25, 0.3) is 19.5 Å². The summed E-state index contributed by atoms with van der Waals surface area (Å²) in [6, 6.07) is 10.5. The highest BCUT2D eigenvalue weighted by molar-refractivity contribution is 9.11. The van der Waals surface area contributed by atoms with Gasteiger partial charge in [-0.05, 0) is 64.7 Å². The minimum Gasteiger partial charge on any atom is -0.465 e. The van der Waals surface area contributed by atoms with E-state index in [9.17, 15) is 4.79 Å². The molecule has 0 unspecified atom stereocenters. The highest BCUT2D eigenvalue weighted by atomic mass is 79.9. The zero-order valence-electron chi connectivity index (χ0n) is 16.3. The van der Waals surface area contributed by atoms with E-state index in [-0.39, 0.29) is 5.97 Å². The Morgan fingerprint density at radius 1 is 0.893 bits per heavy atom. The monoisotopic (exact) mass is 496 g/mol. The highest BCUT2D eigenvalue weighted by Gasteiger charge is 2.14. The van der Waals surface area contributed by atoms with Crippen molar-refractivity contribution in [3.63, 3.8) is 0 Å². The number of unbranched alkanes of at least 4 members (excludes halogenated alkanes) is 5. The number of hydrogen-bond acceptors (Lipinski definition) is 5. The number of rotatable bonds is 10. The van der Waals surface area contributed by atoms with E-state index >= 15 is 0 Å². The summed E-state index contributed by atoms with van der Waals surface area (Å²) in [6.07, 6.45) is 9.11. The third kappa shape index (κ3) is 5.56. The number of carbonyl (C=O) groups excluding carboxylic acids is 1. The smallest absolute Gasteiger partial charge is 0.348 e. The van der Waals surface area contributed by atoms with E-state index in [0.29, 0.717) is 4.88 Å². The van der Waals surface area contributed by atoms with Gasteiger partial charge in [-0.2, -0.15) is 0 Å². The fourth-order valence-corrected chi connectivity index (χ4v) is 6.95. The molecular weight excluding hydrogens is 472 g/mol. The number of aryl methyl sites for hydroxylation is 1. The molecule has 0 bridgehead atoms. The minimum absolute atomic E-state index is 0.269. The van der Waals surface area contributed by atoms with Crippen molar-refractivity contribution in [2.45, 2.75) is 51.9 Å². The molecule has 0 spiro atoms. The molecule has 0 N–H and O–H groups in total. The number of halogens is 1. The standard InChI is InChI=1S/C22H25BrO2S3/c1-3-4-5-6-7-8-9-15-14-20(28-21(15)23)18-11-10-16(26-18)17-12-13-19(27-17)22(24)25-2/h10-14H,3-9H2,1-2H3. The van der Waals surface area contributed by atoms with Gasteiger partial charge in [0.15, 0.2) is 0 Å². The average Bonchev–Trinajstić information content (AvgIpc) is 3.43. The molecule has 2 nitrogen and oxygen atoms in total. The lowest BCUT2D eigenvalue weighted by Gasteiger charge is -2.00. The second kappa shape index (κ2) is 10.7. The van der Waals surface area contributed by atoms with Crippen LogP contribution in [0.5, 0.6) is 0 Å². The van der Waals surface area contributed by atoms with E-state index in [2.05, 4.69) is 41.1 Å². The summed E-state index contributed by atoms with van der Waals surface area (Å²) < 4.78 is 6.07. The van der Waals surface area contributed by atoms with Crippen molar-refractivity contribution in [2.75, 3.05) is 7.11 Å². The van der Waals surface area contributed by atoms with Gasteiger partial charge >= 0.3 is 5.97 Å². The Morgan fingerprint density at radius 3 is 2.29 bits per heavy atom. The van der Waals surface area contributed by atoms with Crippen LogP contribution in [0.15, 0.2) is 34.1 Å². The first-order valence-corrected chi connectivity index (χ1v) is 12.9. The number of esters is 1. The maximum Gasteiger partial charge on any atom is 0.348 e. The maximum atomic E-state index is 11.7. The molecule has 0 atom stereocenters. The molecule has 0 saturated carbocycles. The fraction of sp³-hybridized carbons (Fsp3) is 0.409. The van der Waals surface area contributed by atoms with Gasteiger partial charge in [0.25, 0.3) is 0 Å². The maximum absolute atomic E-state index is 11.7. The first kappa shape index (κ1) is 21.8. The summed E-state index contributed by atoms with van der Waals surface area (Å²) in [5.74, 6) is -0.269. The highest BCUT2D eigenvalue weighted by Crippen LogP contribution is 2.42. The molecule has 0 aliphatic heterocycles. The largest absolute Gasteiger partial charge is 0.465 e. The van der Waals surface area contributed by atoms with Crippen LogP contribution < -0.4 is 0 Å². The first-order valence-electron chi connectivity index (χ1n) is 9.69. The van der Waals surface area contributed by atoms with Crippen LogP contribution in [0.1, 0.15) is 60.7 Å². The van der Waals surface area contributed by atoms with Gasteiger partial charge in [-0.25, -0.2) is 4.79 Å². The van der Waals surface area contributed by atoms with E-state index in [1.807, 2.05) is 23.5 Å². The molecule has 150 valence electrons. The Hall–Kier alpha value is -0.950. The fourth-order valence-electron chi connectivity index (χ4n) is 3.08. The molecule has 0 aromatic carbocycles. The van der Waals surface area contributed by atoms with E-state index in [0.717, 1.165) is 11.3 Å². The van der Waals surface area contributed by atoms with Crippen LogP contribution in [0.3, 0.4) is 0 Å². The molecule has 0 aliphatic carbocycles. The summed E-state index contributed by atoms with van der Waals surface area (Å²) in [4.78, 5) is 17.2. The molecule has 0 fully saturated rings. The van der Waals surface area contributed by atoms with Gasteiger partial charge < -0.3 is 4.74 Å². The Bertz CT molecular complexity index is 907. The van der Waals surface area contributed by atoms with Crippen molar-refractivity contribution in [2.24, 2.45) is 0 Å². The number of ether oxygens (including phenoxy) is 1. The van der Waals surface area contributed by atoms with Crippen LogP contribution in [0, 0.1) is 0 Å². The second-order valence-corrected chi connectivity index (χ2v) is 11.3. The predicted molar refractivity (Wildman–Crippen MR) is 127 cm³/mol. The van der Waals surface area contributed by atoms with E-state index in [4.69, 9.17) is 4.74 Å². The van der Waals surface area contributed by atoms with Crippen LogP contribution >= 0.6 is 49.9 Å². The normalized spacial score (nSPS) is 11.1. The Kier molecular flexibility index (Phi) is 8.33. The summed E-state index contributed by atoms with van der Waals surface area (Å²) in [6.45, 7) is 2.26. The zero-order valence-corrected chi connectivity index (χ0v) is 20.3. The summed E-state index contributed by atoms with van der Waals surface area (Å²) in [7, 11) is 1.42. The zero-order chi connectivity index (χ0) is 19.9. The Balaban J connectivity index is 1.63. The van der Waals surface area contributed by atoms with Crippen molar-refractivity contribution in [1.29, 1.82) is 0 Å². The van der Waals surface area contributed by atoms with Gasteiger partial charge in [0.05, 0.1) is 10.9 Å². The van der Waals surface area contributed by atoms with Crippen LogP contribution in [0.2, 0.25) is 0 Å². The topological polar surface area (TPSA) is 26.3 Å². The van der Waals surface area contributed by atoms with Crippen molar-refractivity contribution in [1.82, 2.24) is 0 Å². The van der Waals surface area contributed by atoms with Crippen LogP contribution in [-0.2, 0) is 11.2 Å². The molecule has 3 rings (SSSR count). The SMILES string of the molecule is CCCCCCCCc1cc(-c2ccc(-c3ccc(C(=O)OC)s3)s2)sc1Br. The van der Waals surface area contributed by atoms with Gasteiger partial charge in [0.1, 0.15) is 4.88 Å². The van der Waals surface area contributed by atoms with Gasteiger partial charge in [-0.3, -0.25) is 0 Å². The lowest BCUT2D eigenvalue weighted by molar-refractivity contribution is 0.0606. The molecule has 3 heterocycles. The summed E-state index contributed by atoms with van der Waals surface area (Å²) in [5.41, 5.74) is 1.43. The predicted octanol–water partition coefficient (Wildman–Crippen LogP) is 8.66. The molecule has 3 aromatic heterocycles. The lowest BCUT2D eigenvalue weighted by Crippen LogP contribution is -1.96. The van der Waals surface area contributed by atoms with Crippen molar-refractivity contribution < 1.29 is 9.53 Å². The summed E-state index contributed by atoms with van der Waals surface area (Å²) >= 11 is 8.84. The first-order chi connectivity index (χ1) is 13.6. The van der Waals surface area contributed by atoms with E-state index in [1.165, 1.54) is 81.0 Å². The van der Waals surface area contributed by atoms with Gasteiger partial charge in [0.2, 0.25) is 0 Å². The number of carbonyl (C=O) groups is 1. The molecule has 3 aromatic rings. The summed E-state index contributed by atoms with van der Waals surface area (Å²) in [5, 5.41) is 0. The van der Waals surface area contributed by atoms with Crippen molar-refractivity contribution in [3.05, 3.63) is 44.6 Å². The Labute approximate surface area is 187 Å². The molecule has 28 heavy (non-hydrogen) atoms. The van der Waals surface area contributed by atoms with Gasteiger partial charge in [-0.15, -0.1) is 34.0 Å². The minimum atomic E-state index is -0.269. The molecule has 0 aliphatic rings. The third-order valence-corrected chi connectivity index (χ3v) is 9.14. The Morgan fingerprint density at radius 2 is 1.54 bits per heavy atom. The van der Waals surface area contributed by atoms with Gasteiger partial charge in [0, 0.05) is 19.5 Å². The van der Waals surface area contributed by atoms with Crippen LogP contribution in [-0.4, -0.2) is 13.1 Å². The number of hydrogen-bond donors (Lipinski definition) is 0. The molecule has 6 heteroatoms. The van der Waals surface area contributed by atoms with Crippen molar-refractivity contribution >= 4 is 55.9 Å². The quantitative estimate of drug-likeness (QED) is 0.207.